The predicted octanol–water partition coefficient (Wildman–Crippen LogP) is 2.17. The molecule has 0 radical (unpaired) electrons. The number of amides is 1. The topological polar surface area (TPSA) is 55.1 Å². The Bertz CT molecular complexity index is 336. The number of nitrogens with two attached hydrogens (primary N) is 1. The maximum atomic E-state index is 12.1. The van der Waals surface area contributed by atoms with Crippen molar-refractivity contribution in [3.05, 3.63) is 16.3 Å². The molecular formula is C8H11ClF2N2OS2. The molecule has 0 fully saturated rings. The first kappa shape index (κ1) is 15.6. The molecule has 1 heterocycles. The highest BCUT2D eigenvalue weighted by Gasteiger charge is 2.16. The summed E-state index contributed by atoms with van der Waals surface area (Å²) in [4.78, 5) is 12.1. The van der Waals surface area contributed by atoms with Crippen molar-refractivity contribution in [1.29, 1.82) is 0 Å². The van der Waals surface area contributed by atoms with Crippen LogP contribution in [0, 0.1) is 0 Å². The maximum Gasteiger partial charge on any atom is 0.288 e. The number of thioether (sulfide) groups is 1. The van der Waals surface area contributed by atoms with Crippen LogP contribution in [-0.4, -0.2) is 24.8 Å². The Hall–Kier alpha value is -0.370. The fourth-order valence-corrected chi connectivity index (χ4v) is 2.53. The van der Waals surface area contributed by atoms with Gasteiger partial charge in [-0.1, -0.05) is 11.8 Å². The van der Waals surface area contributed by atoms with Gasteiger partial charge in [-0.2, -0.15) is 8.78 Å². The van der Waals surface area contributed by atoms with Crippen LogP contribution >= 0.6 is 35.5 Å². The van der Waals surface area contributed by atoms with E-state index in [9.17, 15) is 13.6 Å². The summed E-state index contributed by atoms with van der Waals surface area (Å²) in [5.74, 6) is -2.86. The smallest absolute Gasteiger partial charge is 0.288 e. The average molecular weight is 289 g/mol. The Balaban J connectivity index is 0.00000225. The molecule has 1 amide bonds. The van der Waals surface area contributed by atoms with Crippen LogP contribution in [0.1, 0.15) is 9.67 Å². The first-order valence-electron chi connectivity index (χ1n) is 4.15. The molecule has 1 aromatic heterocycles. The number of alkyl halides is 2. The van der Waals surface area contributed by atoms with Crippen LogP contribution in [-0.2, 0) is 0 Å². The zero-order valence-corrected chi connectivity index (χ0v) is 10.6. The summed E-state index contributed by atoms with van der Waals surface area (Å²) in [6.07, 6.45) is 0. The van der Waals surface area contributed by atoms with E-state index < -0.39 is 5.76 Å². The summed E-state index contributed by atoms with van der Waals surface area (Å²) < 4.78 is 24.2. The highest BCUT2D eigenvalue weighted by molar-refractivity contribution is 7.99. The van der Waals surface area contributed by atoms with Gasteiger partial charge in [0.05, 0.1) is 0 Å². The average Bonchev–Trinajstić information content (AvgIpc) is 2.61. The second-order valence-electron chi connectivity index (χ2n) is 2.54. The fourth-order valence-electron chi connectivity index (χ4n) is 0.918. The molecule has 0 aliphatic heterocycles. The van der Waals surface area contributed by atoms with Crippen molar-refractivity contribution in [2.75, 3.05) is 13.1 Å². The summed E-state index contributed by atoms with van der Waals surface area (Å²) in [7, 11) is 0. The second-order valence-corrected chi connectivity index (χ2v) is 4.49. The lowest BCUT2D eigenvalue weighted by atomic mass is 10.4. The number of halogens is 3. The fraction of sp³-hybridized carbons (Fsp3) is 0.375. The van der Waals surface area contributed by atoms with Crippen molar-refractivity contribution in [3.63, 3.8) is 0 Å². The van der Waals surface area contributed by atoms with E-state index in [0.29, 0.717) is 34.6 Å². The third-order valence-electron chi connectivity index (χ3n) is 1.48. The lowest BCUT2D eigenvalue weighted by Gasteiger charge is -2.03. The zero-order valence-electron chi connectivity index (χ0n) is 8.11. The molecular weight excluding hydrogens is 278 g/mol. The molecule has 0 aliphatic carbocycles. The third kappa shape index (κ3) is 4.65. The molecule has 1 rings (SSSR count). The molecule has 0 aliphatic rings. The van der Waals surface area contributed by atoms with E-state index >= 15 is 0 Å². The highest BCUT2D eigenvalue weighted by atomic mass is 35.5. The van der Waals surface area contributed by atoms with Gasteiger partial charge in [0.15, 0.2) is 0 Å². The van der Waals surface area contributed by atoms with Crippen LogP contribution in [0.5, 0.6) is 0 Å². The van der Waals surface area contributed by atoms with Crippen molar-refractivity contribution in [2.24, 2.45) is 5.73 Å². The number of nitrogens with one attached hydrogen (secondary N) is 1. The summed E-state index contributed by atoms with van der Waals surface area (Å²) in [5.41, 5.74) is 5.21. The van der Waals surface area contributed by atoms with Crippen molar-refractivity contribution in [1.82, 2.24) is 5.32 Å². The second kappa shape index (κ2) is 7.83. The van der Waals surface area contributed by atoms with Gasteiger partial charge in [0.1, 0.15) is 4.88 Å². The molecule has 8 heteroatoms. The molecule has 0 saturated heterocycles. The van der Waals surface area contributed by atoms with Gasteiger partial charge < -0.3 is 11.1 Å². The van der Waals surface area contributed by atoms with Crippen LogP contribution in [0.2, 0.25) is 0 Å². The molecule has 3 nitrogen and oxygen atoms in total. The lowest BCUT2D eigenvalue weighted by molar-refractivity contribution is 0.0956. The van der Waals surface area contributed by atoms with Gasteiger partial charge in [-0.05, 0) is 11.4 Å². The Morgan fingerprint density at radius 1 is 1.62 bits per heavy atom. The summed E-state index contributed by atoms with van der Waals surface area (Å²) >= 11 is 1.52. The van der Waals surface area contributed by atoms with E-state index in [0.717, 1.165) is 11.3 Å². The number of rotatable bonds is 5. The molecule has 0 saturated carbocycles. The minimum absolute atomic E-state index is 0. The van der Waals surface area contributed by atoms with Gasteiger partial charge in [-0.25, -0.2) is 0 Å². The van der Waals surface area contributed by atoms with Gasteiger partial charge in [0.2, 0.25) is 0 Å². The van der Waals surface area contributed by atoms with Crippen LogP contribution in [0.3, 0.4) is 0 Å². The number of thiophene rings is 1. The maximum absolute atomic E-state index is 12.1. The summed E-state index contributed by atoms with van der Waals surface area (Å²) in [6, 6.07) is 1.51. The normalized spacial score (nSPS) is 10.0. The van der Waals surface area contributed by atoms with Crippen molar-refractivity contribution < 1.29 is 13.6 Å². The molecule has 0 bridgehead atoms. The van der Waals surface area contributed by atoms with Crippen molar-refractivity contribution in [2.45, 2.75) is 10.7 Å². The van der Waals surface area contributed by atoms with Crippen LogP contribution in [0.4, 0.5) is 8.78 Å². The molecule has 0 unspecified atom stereocenters. The van der Waals surface area contributed by atoms with Crippen LogP contribution in [0.15, 0.2) is 16.3 Å². The molecule has 1 aromatic rings. The van der Waals surface area contributed by atoms with E-state index in [-0.39, 0.29) is 18.3 Å². The van der Waals surface area contributed by atoms with Gasteiger partial charge in [0, 0.05) is 18.0 Å². The Morgan fingerprint density at radius 3 is 2.88 bits per heavy atom. The monoisotopic (exact) mass is 288 g/mol. The van der Waals surface area contributed by atoms with Crippen LogP contribution in [0.25, 0.3) is 0 Å². The first-order valence-corrected chi connectivity index (χ1v) is 5.91. The Kier molecular flexibility index (Phi) is 7.65. The van der Waals surface area contributed by atoms with Gasteiger partial charge in [-0.3, -0.25) is 4.79 Å². The van der Waals surface area contributed by atoms with Crippen LogP contribution < -0.4 is 11.1 Å². The third-order valence-corrected chi connectivity index (χ3v) is 3.30. The number of hydrogen-bond acceptors (Lipinski definition) is 4. The quantitative estimate of drug-likeness (QED) is 0.817. The largest absolute Gasteiger partial charge is 0.350 e. The van der Waals surface area contributed by atoms with E-state index in [1.165, 1.54) is 6.07 Å². The van der Waals surface area contributed by atoms with Crippen molar-refractivity contribution in [3.8, 4) is 0 Å². The minimum atomic E-state index is -2.51. The highest BCUT2D eigenvalue weighted by Crippen LogP contribution is 2.31. The van der Waals surface area contributed by atoms with Crippen molar-refractivity contribution >= 4 is 41.4 Å². The predicted molar refractivity (Wildman–Crippen MR) is 64.8 cm³/mol. The standard InChI is InChI=1S/C8H10F2N2OS2.ClH/c9-8(10)15-5-1-4-14-6(5)7(13)12-3-2-11;/h1,4,8H,2-3,11H2,(H,12,13);1H. The molecule has 3 N–H and O–H groups in total. The summed E-state index contributed by atoms with van der Waals surface area (Å²) in [5, 5.41) is 4.15. The number of carbonyl (C=O) groups is 1. The molecule has 0 atom stereocenters. The van der Waals surface area contributed by atoms with E-state index in [2.05, 4.69) is 5.32 Å². The lowest BCUT2D eigenvalue weighted by Crippen LogP contribution is -2.28. The molecule has 16 heavy (non-hydrogen) atoms. The van der Waals surface area contributed by atoms with E-state index in [1.54, 1.807) is 5.38 Å². The summed E-state index contributed by atoms with van der Waals surface area (Å²) in [6.45, 7) is 0.671. The number of carbonyl (C=O) groups excluding carboxylic acids is 1. The van der Waals surface area contributed by atoms with E-state index in [4.69, 9.17) is 5.73 Å². The van der Waals surface area contributed by atoms with Gasteiger partial charge in [-0.15, -0.1) is 23.7 Å². The zero-order chi connectivity index (χ0) is 11.3. The first-order chi connectivity index (χ1) is 7.15. The molecule has 0 aromatic carbocycles. The van der Waals surface area contributed by atoms with Gasteiger partial charge >= 0.3 is 0 Å². The Labute approximate surface area is 106 Å². The SMILES string of the molecule is Cl.NCCNC(=O)c1sccc1SC(F)F. The molecule has 0 spiro atoms. The van der Waals surface area contributed by atoms with E-state index in [1.807, 2.05) is 0 Å². The number of hydrogen-bond donors (Lipinski definition) is 2. The minimum Gasteiger partial charge on any atom is -0.350 e. The molecule has 92 valence electrons. The van der Waals surface area contributed by atoms with Gasteiger partial charge in [0.25, 0.3) is 11.7 Å². The Morgan fingerprint density at radius 2 is 2.31 bits per heavy atom.